The maximum atomic E-state index is 12.9. The molecule has 0 radical (unpaired) electrons. The summed E-state index contributed by atoms with van der Waals surface area (Å²) in [5.74, 6) is 0. The van der Waals surface area contributed by atoms with Gasteiger partial charge < -0.3 is 0 Å². The highest BCUT2D eigenvalue weighted by molar-refractivity contribution is 5.68. The SMILES string of the molecule is FC(F)(F)c1ccc(C(F)(F)F)c(-c2cccnc2)c1. The molecule has 1 nitrogen and oxygen atoms in total. The average Bonchev–Trinajstić information content (AvgIpc) is 2.37. The van der Waals surface area contributed by atoms with Gasteiger partial charge in [-0.3, -0.25) is 4.98 Å². The Bertz CT molecular complexity index is 600. The smallest absolute Gasteiger partial charge is 0.264 e. The van der Waals surface area contributed by atoms with Gasteiger partial charge in [0.25, 0.3) is 0 Å². The number of aromatic nitrogens is 1. The molecule has 0 unspecified atom stereocenters. The first-order valence-corrected chi connectivity index (χ1v) is 5.38. The maximum absolute atomic E-state index is 12.9. The number of pyridine rings is 1. The minimum atomic E-state index is -4.74. The van der Waals surface area contributed by atoms with Crippen molar-refractivity contribution in [2.45, 2.75) is 12.4 Å². The highest BCUT2D eigenvalue weighted by Crippen LogP contribution is 2.40. The molecule has 0 aliphatic rings. The fraction of sp³-hybridized carbons (Fsp3) is 0.154. The average molecular weight is 291 g/mol. The van der Waals surface area contributed by atoms with E-state index in [1.165, 1.54) is 18.3 Å². The fourth-order valence-electron chi connectivity index (χ4n) is 1.73. The summed E-state index contributed by atoms with van der Waals surface area (Å²) in [6, 6.07) is 3.97. The number of nitrogens with zero attached hydrogens (tertiary/aromatic N) is 1. The van der Waals surface area contributed by atoms with Crippen molar-refractivity contribution in [3.63, 3.8) is 0 Å². The molecule has 106 valence electrons. The third-order valence-corrected chi connectivity index (χ3v) is 2.62. The van der Waals surface area contributed by atoms with Crippen LogP contribution in [0.5, 0.6) is 0 Å². The molecule has 0 saturated heterocycles. The fourth-order valence-corrected chi connectivity index (χ4v) is 1.73. The lowest BCUT2D eigenvalue weighted by Gasteiger charge is -2.15. The third-order valence-electron chi connectivity index (χ3n) is 2.62. The molecule has 0 aliphatic heterocycles. The molecule has 0 spiro atoms. The van der Waals surface area contributed by atoms with Gasteiger partial charge in [0.05, 0.1) is 11.1 Å². The molecule has 0 amide bonds. The van der Waals surface area contributed by atoms with Crippen molar-refractivity contribution in [2.75, 3.05) is 0 Å². The quantitative estimate of drug-likeness (QED) is 0.689. The second-order valence-corrected chi connectivity index (χ2v) is 4.00. The van der Waals surface area contributed by atoms with E-state index < -0.39 is 29.0 Å². The first-order valence-electron chi connectivity index (χ1n) is 5.38. The summed E-state index contributed by atoms with van der Waals surface area (Å²) in [5, 5.41) is 0. The van der Waals surface area contributed by atoms with Gasteiger partial charge in [-0.1, -0.05) is 6.07 Å². The van der Waals surface area contributed by atoms with Gasteiger partial charge in [-0.25, -0.2) is 0 Å². The molecule has 2 aromatic rings. The van der Waals surface area contributed by atoms with E-state index in [0.29, 0.717) is 18.2 Å². The molecule has 2 rings (SSSR count). The van der Waals surface area contributed by atoms with E-state index >= 15 is 0 Å². The van der Waals surface area contributed by atoms with Crippen molar-refractivity contribution < 1.29 is 26.3 Å². The minimum absolute atomic E-state index is 0.0223. The number of hydrogen-bond donors (Lipinski definition) is 0. The minimum Gasteiger partial charge on any atom is -0.264 e. The lowest BCUT2D eigenvalue weighted by molar-refractivity contribution is -0.141. The van der Waals surface area contributed by atoms with Crippen LogP contribution in [-0.4, -0.2) is 4.98 Å². The predicted octanol–water partition coefficient (Wildman–Crippen LogP) is 4.79. The molecule has 1 aromatic carbocycles. The molecule has 0 N–H and O–H groups in total. The van der Waals surface area contributed by atoms with Crippen molar-refractivity contribution in [3.8, 4) is 11.1 Å². The number of rotatable bonds is 1. The normalized spacial score (nSPS) is 12.5. The van der Waals surface area contributed by atoms with Gasteiger partial charge in [-0.2, -0.15) is 26.3 Å². The zero-order valence-electron chi connectivity index (χ0n) is 9.76. The Morgan fingerprint density at radius 3 is 2.05 bits per heavy atom. The summed E-state index contributed by atoms with van der Waals surface area (Å²) >= 11 is 0. The molecule has 0 atom stereocenters. The van der Waals surface area contributed by atoms with Gasteiger partial charge in [0, 0.05) is 18.0 Å². The van der Waals surface area contributed by atoms with E-state index in [0.717, 1.165) is 6.20 Å². The van der Waals surface area contributed by atoms with Gasteiger partial charge in [0.15, 0.2) is 0 Å². The van der Waals surface area contributed by atoms with Gasteiger partial charge >= 0.3 is 12.4 Å². The first kappa shape index (κ1) is 14.4. The molecule has 1 aromatic heterocycles. The van der Waals surface area contributed by atoms with Crippen molar-refractivity contribution in [2.24, 2.45) is 0 Å². The van der Waals surface area contributed by atoms with E-state index in [1.54, 1.807) is 0 Å². The van der Waals surface area contributed by atoms with Crippen LogP contribution in [0, 0.1) is 0 Å². The zero-order chi connectivity index (χ0) is 15.0. The number of benzene rings is 1. The van der Waals surface area contributed by atoms with Crippen LogP contribution >= 0.6 is 0 Å². The topological polar surface area (TPSA) is 12.9 Å². The van der Waals surface area contributed by atoms with E-state index in [1.807, 2.05) is 0 Å². The largest absolute Gasteiger partial charge is 0.417 e. The Labute approximate surface area is 109 Å². The van der Waals surface area contributed by atoms with Crippen LogP contribution in [0.15, 0.2) is 42.7 Å². The van der Waals surface area contributed by atoms with Crippen LogP contribution in [-0.2, 0) is 12.4 Å². The van der Waals surface area contributed by atoms with Gasteiger partial charge in [0.1, 0.15) is 0 Å². The molecule has 0 aliphatic carbocycles. The summed E-state index contributed by atoms with van der Waals surface area (Å²) in [5.41, 5.74) is -2.82. The number of alkyl halides is 6. The van der Waals surface area contributed by atoms with E-state index in [9.17, 15) is 26.3 Å². The Kier molecular flexibility index (Phi) is 3.45. The Morgan fingerprint density at radius 1 is 0.850 bits per heavy atom. The second-order valence-electron chi connectivity index (χ2n) is 4.00. The lowest BCUT2D eigenvalue weighted by Crippen LogP contribution is -2.11. The van der Waals surface area contributed by atoms with Crippen molar-refractivity contribution in [3.05, 3.63) is 53.9 Å². The first-order chi connectivity index (χ1) is 9.19. The Balaban J connectivity index is 2.67. The lowest BCUT2D eigenvalue weighted by atomic mass is 9.98. The molecule has 1 heterocycles. The molecular formula is C13H7F6N. The van der Waals surface area contributed by atoms with Crippen LogP contribution in [0.4, 0.5) is 26.3 Å². The van der Waals surface area contributed by atoms with Gasteiger partial charge in [-0.05, 0) is 29.8 Å². The maximum Gasteiger partial charge on any atom is 0.417 e. The van der Waals surface area contributed by atoms with Crippen molar-refractivity contribution >= 4 is 0 Å². The summed E-state index contributed by atoms with van der Waals surface area (Å²) in [4.78, 5) is 3.63. The van der Waals surface area contributed by atoms with Crippen LogP contribution in [0.2, 0.25) is 0 Å². The van der Waals surface area contributed by atoms with E-state index in [2.05, 4.69) is 4.98 Å². The standard InChI is InChI=1S/C13H7F6N/c14-12(15,16)9-3-4-11(13(17,18)19)10(6-9)8-2-1-5-20-7-8/h1-7H. The molecule has 0 saturated carbocycles. The monoisotopic (exact) mass is 291 g/mol. The molecular weight excluding hydrogens is 284 g/mol. The van der Waals surface area contributed by atoms with Crippen LogP contribution < -0.4 is 0 Å². The second kappa shape index (κ2) is 4.81. The predicted molar refractivity (Wildman–Crippen MR) is 59.7 cm³/mol. The summed E-state index contributed by atoms with van der Waals surface area (Å²) in [7, 11) is 0. The molecule has 20 heavy (non-hydrogen) atoms. The van der Waals surface area contributed by atoms with Crippen molar-refractivity contribution in [1.82, 2.24) is 4.98 Å². The van der Waals surface area contributed by atoms with Crippen LogP contribution in [0.25, 0.3) is 11.1 Å². The van der Waals surface area contributed by atoms with E-state index in [-0.39, 0.29) is 5.56 Å². The van der Waals surface area contributed by atoms with Crippen LogP contribution in [0.3, 0.4) is 0 Å². The zero-order valence-corrected chi connectivity index (χ0v) is 9.76. The molecule has 0 bridgehead atoms. The Hall–Kier alpha value is -2.05. The van der Waals surface area contributed by atoms with Gasteiger partial charge in [0.2, 0.25) is 0 Å². The van der Waals surface area contributed by atoms with Crippen molar-refractivity contribution in [1.29, 1.82) is 0 Å². The molecule has 0 fully saturated rings. The third kappa shape index (κ3) is 2.92. The van der Waals surface area contributed by atoms with E-state index in [4.69, 9.17) is 0 Å². The summed E-state index contributed by atoms with van der Waals surface area (Å²) in [6.45, 7) is 0. The summed E-state index contributed by atoms with van der Waals surface area (Å²) < 4.78 is 76.4. The van der Waals surface area contributed by atoms with Gasteiger partial charge in [-0.15, -0.1) is 0 Å². The highest BCUT2D eigenvalue weighted by Gasteiger charge is 2.37. The number of hydrogen-bond acceptors (Lipinski definition) is 1. The molecule has 7 heteroatoms. The summed E-state index contributed by atoms with van der Waals surface area (Å²) in [6.07, 6.45) is -7.04. The highest BCUT2D eigenvalue weighted by atomic mass is 19.4. The number of halogens is 6. The Morgan fingerprint density at radius 2 is 1.55 bits per heavy atom. The van der Waals surface area contributed by atoms with Crippen LogP contribution in [0.1, 0.15) is 11.1 Å².